The first-order valence-electron chi connectivity index (χ1n) is 9.57. The third-order valence-electron chi connectivity index (χ3n) is 5.51. The maximum atomic E-state index is 9.30. The summed E-state index contributed by atoms with van der Waals surface area (Å²) in [5.74, 6) is 1.19. The molecule has 134 valence electrons. The Morgan fingerprint density at radius 3 is 2.77 bits per heavy atom. The third-order valence-corrected chi connectivity index (χ3v) is 5.51. The van der Waals surface area contributed by atoms with E-state index in [2.05, 4.69) is 56.2 Å². The molecule has 1 aromatic carbocycles. The molecule has 5 heteroatoms. The zero-order chi connectivity index (χ0) is 17.8. The fourth-order valence-corrected chi connectivity index (χ4v) is 4.10. The molecule has 0 N–H and O–H groups in total. The molecule has 4 rings (SSSR count). The number of fused-ring (bicyclic) bond motifs is 1. The minimum atomic E-state index is 0.120. The van der Waals surface area contributed by atoms with E-state index in [1.54, 1.807) is 6.33 Å². The highest BCUT2D eigenvalue weighted by Crippen LogP contribution is 2.28. The van der Waals surface area contributed by atoms with E-state index in [0.717, 1.165) is 64.2 Å². The van der Waals surface area contributed by atoms with Crippen LogP contribution in [0.5, 0.6) is 0 Å². The van der Waals surface area contributed by atoms with E-state index in [1.807, 2.05) is 0 Å². The fraction of sp³-hybridized carbons (Fsp3) is 0.476. The number of piperidine rings is 1. The number of anilines is 1. The first-order valence-corrected chi connectivity index (χ1v) is 9.57. The molecule has 0 saturated carbocycles. The molecule has 0 aliphatic carbocycles. The second-order valence-corrected chi connectivity index (χ2v) is 7.30. The average molecular weight is 347 g/mol. The molecule has 0 radical (unpaired) electrons. The molecule has 2 aromatic rings. The number of hydrogen-bond acceptors (Lipinski definition) is 5. The van der Waals surface area contributed by atoms with Crippen LogP contribution in [0.3, 0.4) is 0 Å². The first-order chi connectivity index (χ1) is 12.8. The second-order valence-electron chi connectivity index (χ2n) is 7.30. The van der Waals surface area contributed by atoms with Gasteiger partial charge < -0.3 is 4.90 Å². The smallest absolute Gasteiger partial charge is 0.135 e. The van der Waals surface area contributed by atoms with Crippen molar-refractivity contribution >= 4 is 5.82 Å². The van der Waals surface area contributed by atoms with Crippen molar-refractivity contribution in [3.05, 3.63) is 53.5 Å². The Balaban J connectivity index is 1.50. The monoisotopic (exact) mass is 347 g/mol. The lowest BCUT2D eigenvalue weighted by Crippen LogP contribution is -2.36. The highest BCUT2D eigenvalue weighted by molar-refractivity contribution is 5.50. The van der Waals surface area contributed by atoms with E-state index in [9.17, 15) is 5.26 Å². The number of nitrogens with zero attached hydrogens (tertiary/aromatic N) is 5. The van der Waals surface area contributed by atoms with Gasteiger partial charge in [0, 0.05) is 44.7 Å². The largest absolute Gasteiger partial charge is 0.355 e. The van der Waals surface area contributed by atoms with Crippen molar-refractivity contribution in [3.8, 4) is 6.07 Å². The average Bonchev–Trinajstić information content (AvgIpc) is 2.91. The standard InChI is InChI=1S/C21H25N5/c22-13-18-7-4-10-26(15-18)21-19-8-11-25(12-9-20(19)23-16-24-21)14-17-5-2-1-3-6-17/h1-3,5-6,16,18H,4,7-12,14-15H2/t18-/m1/s1. The van der Waals surface area contributed by atoms with Crippen LogP contribution in [-0.2, 0) is 19.4 Å². The van der Waals surface area contributed by atoms with Crippen LogP contribution in [0.1, 0.15) is 29.7 Å². The fourth-order valence-electron chi connectivity index (χ4n) is 4.10. The maximum Gasteiger partial charge on any atom is 0.135 e. The SMILES string of the molecule is N#C[C@H]1CCCN(c2ncnc3c2CCN(Cc2ccccc2)CC3)C1. The number of benzene rings is 1. The van der Waals surface area contributed by atoms with E-state index in [4.69, 9.17) is 0 Å². The summed E-state index contributed by atoms with van der Waals surface area (Å²) in [4.78, 5) is 14.0. The molecule has 0 bridgehead atoms. The lowest BCUT2D eigenvalue weighted by Gasteiger charge is -2.32. The minimum absolute atomic E-state index is 0.120. The summed E-state index contributed by atoms with van der Waals surface area (Å²) in [7, 11) is 0. The summed E-state index contributed by atoms with van der Waals surface area (Å²) >= 11 is 0. The lowest BCUT2D eigenvalue weighted by molar-refractivity contribution is 0.279. The normalized spacial score (nSPS) is 20.9. The molecule has 1 aromatic heterocycles. The van der Waals surface area contributed by atoms with E-state index in [-0.39, 0.29) is 5.92 Å². The van der Waals surface area contributed by atoms with E-state index >= 15 is 0 Å². The van der Waals surface area contributed by atoms with Crippen molar-refractivity contribution in [1.82, 2.24) is 14.9 Å². The summed E-state index contributed by atoms with van der Waals surface area (Å²) in [6.07, 6.45) is 5.72. The highest BCUT2D eigenvalue weighted by atomic mass is 15.2. The summed E-state index contributed by atoms with van der Waals surface area (Å²) in [6.45, 7) is 4.83. The molecule has 0 spiro atoms. The third kappa shape index (κ3) is 3.71. The van der Waals surface area contributed by atoms with Gasteiger partial charge in [0.05, 0.1) is 17.7 Å². The number of nitriles is 1. The van der Waals surface area contributed by atoms with Crippen LogP contribution < -0.4 is 4.90 Å². The Morgan fingerprint density at radius 1 is 1.08 bits per heavy atom. The molecule has 1 saturated heterocycles. The lowest BCUT2D eigenvalue weighted by atomic mass is 9.98. The Hall–Kier alpha value is -2.45. The zero-order valence-electron chi connectivity index (χ0n) is 15.1. The van der Waals surface area contributed by atoms with Gasteiger partial charge in [-0.25, -0.2) is 9.97 Å². The minimum Gasteiger partial charge on any atom is -0.355 e. The van der Waals surface area contributed by atoms with Crippen LogP contribution in [0.4, 0.5) is 5.82 Å². The van der Waals surface area contributed by atoms with Gasteiger partial charge in [-0.1, -0.05) is 30.3 Å². The van der Waals surface area contributed by atoms with Gasteiger partial charge in [-0.05, 0) is 24.8 Å². The van der Waals surface area contributed by atoms with Crippen LogP contribution in [0.25, 0.3) is 0 Å². The summed E-state index contributed by atoms with van der Waals surface area (Å²) in [6, 6.07) is 13.1. The van der Waals surface area contributed by atoms with Gasteiger partial charge in [0.1, 0.15) is 12.1 Å². The van der Waals surface area contributed by atoms with Crippen LogP contribution in [0, 0.1) is 17.2 Å². The Morgan fingerprint density at radius 2 is 1.92 bits per heavy atom. The zero-order valence-corrected chi connectivity index (χ0v) is 15.1. The predicted molar refractivity (Wildman–Crippen MR) is 102 cm³/mol. The van der Waals surface area contributed by atoms with Crippen molar-refractivity contribution in [2.75, 3.05) is 31.1 Å². The molecule has 2 aliphatic rings. The molecule has 1 fully saturated rings. The molecule has 3 heterocycles. The van der Waals surface area contributed by atoms with Gasteiger partial charge in [0.15, 0.2) is 0 Å². The molecule has 5 nitrogen and oxygen atoms in total. The number of hydrogen-bond donors (Lipinski definition) is 0. The number of rotatable bonds is 3. The number of aromatic nitrogens is 2. The molecule has 0 unspecified atom stereocenters. The highest BCUT2D eigenvalue weighted by Gasteiger charge is 2.25. The van der Waals surface area contributed by atoms with E-state index in [0.29, 0.717) is 0 Å². The Kier molecular flexibility index (Phi) is 5.12. The van der Waals surface area contributed by atoms with Crippen molar-refractivity contribution in [2.24, 2.45) is 5.92 Å². The van der Waals surface area contributed by atoms with Crippen LogP contribution in [0.2, 0.25) is 0 Å². The van der Waals surface area contributed by atoms with Crippen molar-refractivity contribution in [1.29, 1.82) is 5.26 Å². The quantitative estimate of drug-likeness (QED) is 0.854. The van der Waals surface area contributed by atoms with Crippen LogP contribution in [0.15, 0.2) is 36.7 Å². The van der Waals surface area contributed by atoms with E-state index in [1.165, 1.54) is 16.8 Å². The summed E-state index contributed by atoms with van der Waals surface area (Å²) in [5.41, 5.74) is 3.84. The molecule has 0 amide bonds. The van der Waals surface area contributed by atoms with Gasteiger partial charge in [-0.2, -0.15) is 5.26 Å². The molecular weight excluding hydrogens is 322 g/mol. The van der Waals surface area contributed by atoms with Crippen LogP contribution >= 0.6 is 0 Å². The van der Waals surface area contributed by atoms with Crippen molar-refractivity contribution < 1.29 is 0 Å². The summed E-state index contributed by atoms with van der Waals surface area (Å²) < 4.78 is 0. The first kappa shape index (κ1) is 17.0. The van der Waals surface area contributed by atoms with Crippen molar-refractivity contribution in [2.45, 2.75) is 32.2 Å². The Bertz CT molecular complexity index is 783. The van der Waals surface area contributed by atoms with Gasteiger partial charge >= 0.3 is 0 Å². The van der Waals surface area contributed by atoms with Gasteiger partial charge in [0.25, 0.3) is 0 Å². The molecule has 2 aliphatic heterocycles. The second kappa shape index (κ2) is 7.84. The predicted octanol–water partition coefficient (Wildman–Crippen LogP) is 2.82. The topological polar surface area (TPSA) is 56.1 Å². The molecule has 1 atom stereocenters. The van der Waals surface area contributed by atoms with Gasteiger partial charge in [-0.3, -0.25) is 4.90 Å². The summed E-state index contributed by atoms with van der Waals surface area (Å²) in [5, 5.41) is 9.30. The van der Waals surface area contributed by atoms with Gasteiger partial charge in [-0.15, -0.1) is 0 Å². The van der Waals surface area contributed by atoms with Crippen LogP contribution in [-0.4, -0.2) is 41.0 Å². The van der Waals surface area contributed by atoms with E-state index < -0.39 is 0 Å². The molecular formula is C21H25N5. The Labute approximate surface area is 155 Å². The maximum absolute atomic E-state index is 9.30. The van der Waals surface area contributed by atoms with Gasteiger partial charge in [0.2, 0.25) is 0 Å². The van der Waals surface area contributed by atoms with Crippen molar-refractivity contribution in [3.63, 3.8) is 0 Å². The molecule has 26 heavy (non-hydrogen) atoms.